The third-order valence-corrected chi connectivity index (χ3v) is 3.72. The van der Waals surface area contributed by atoms with Crippen LogP contribution in [0, 0.1) is 0 Å². The van der Waals surface area contributed by atoms with Gasteiger partial charge in [0.2, 0.25) is 0 Å². The number of alkyl carbamates (subject to hydrolysis) is 1. The molecule has 104 valence electrons. The first-order valence-corrected chi connectivity index (χ1v) is 6.87. The molecule has 1 heterocycles. The van der Waals surface area contributed by atoms with E-state index in [4.69, 9.17) is 0 Å². The van der Waals surface area contributed by atoms with Crippen LogP contribution in [0.15, 0.2) is 24.3 Å². The van der Waals surface area contributed by atoms with Gasteiger partial charge in [0.05, 0.1) is 7.11 Å². The summed E-state index contributed by atoms with van der Waals surface area (Å²) in [6.45, 7) is 3.93. The van der Waals surface area contributed by atoms with Gasteiger partial charge in [-0.3, -0.25) is 0 Å². The van der Waals surface area contributed by atoms with Crippen molar-refractivity contribution in [2.75, 3.05) is 20.2 Å². The van der Waals surface area contributed by atoms with Crippen molar-refractivity contribution in [2.24, 2.45) is 0 Å². The average molecular weight is 262 g/mol. The molecule has 4 nitrogen and oxygen atoms in total. The van der Waals surface area contributed by atoms with Gasteiger partial charge in [0.1, 0.15) is 0 Å². The zero-order chi connectivity index (χ0) is 13.7. The summed E-state index contributed by atoms with van der Waals surface area (Å²) in [6, 6.07) is 8.91. The number of aryl methyl sites for hydroxylation is 1. The van der Waals surface area contributed by atoms with Crippen LogP contribution in [0.25, 0.3) is 0 Å². The summed E-state index contributed by atoms with van der Waals surface area (Å²) in [5.41, 5.74) is 2.69. The monoisotopic (exact) mass is 262 g/mol. The molecule has 1 aromatic carbocycles. The van der Waals surface area contributed by atoms with Gasteiger partial charge in [-0.1, -0.05) is 31.2 Å². The van der Waals surface area contributed by atoms with E-state index in [9.17, 15) is 4.79 Å². The summed E-state index contributed by atoms with van der Waals surface area (Å²) in [6.07, 6.45) is 1.66. The molecule has 4 heteroatoms. The van der Waals surface area contributed by atoms with Crippen LogP contribution in [0.2, 0.25) is 0 Å². The minimum absolute atomic E-state index is 0.136. The molecule has 2 unspecified atom stereocenters. The molecular formula is C15H22N2O2. The third-order valence-electron chi connectivity index (χ3n) is 3.72. The molecular weight excluding hydrogens is 240 g/mol. The Morgan fingerprint density at radius 2 is 2.11 bits per heavy atom. The van der Waals surface area contributed by atoms with Crippen LogP contribution in [-0.4, -0.2) is 32.3 Å². The van der Waals surface area contributed by atoms with E-state index in [1.54, 1.807) is 0 Å². The lowest BCUT2D eigenvalue weighted by atomic mass is 9.88. The normalized spacial score (nSPS) is 22.8. The Kier molecular flexibility index (Phi) is 4.80. The van der Waals surface area contributed by atoms with Gasteiger partial charge in [0, 0.05) is 19.1 Å². The minimum Gasteiger partial charge on any atom is -0.453 e. The smallest absolute Gasteiger partial charge is 0.407 e. The number of carbonyl (C=O) groups excluding carboxylic acids is 1. The molecule has 19 heavy (non-hydrogen) atoms. The number of rotatable bonds is 3. The van der Waals surface area contributed by atoms with Gasteiger partial charge in [0.15, 0.2) is 0 Å². The van der Waals surface area contributed by atoms with Crippen molar-refractivity contribution in [2.45, 2.75) is 31.7 Å². The second kappa shape index (κ2) is 6.57. The summed E-state index contributed by atoms with van der Waals surface area (Å²) in [5.74, 6) is 0.446. The van der Waals surface area contributed by atoms with Crippen molar-refractivity contribution in [3.8, 4) is 0 Å². The molecule has 1 aliphatic heterocycles. The summed E-state index contributed by atoms with van der Waals surface area (Å²) >= 11 is 0. The van der Waals surface area contributed by atoms with Crippen LogP contribution >= 0.6 is 0 Å². The number of methoxy groups -OCH3 is 1. The van der Waals surface area contributed by atoms with Crippen molar-refractivity contribution < 1.29 is 9.53 Å². The molecule has 0 saturated carbocycles. The van der Waals surface area contributed by atoms with E-state index in [1.165, 1.54) is 18.2 Å². The van der Waals surface area contributed by atoms with Gasteiger partial charge in [-0.05, 0) is 29.9 Å². The van der Waals surface area contributed by atoms with Crippen LogP contribution in [0.1, 0.15) is 30.4 Å². The van der Waals surface area contributed by atoms with Crippen LogP contribution in [-0.2, 0) is 11.2 Å². The van der Waals surface area contributed by atoms with Crippen LogP contribution < -0.4 is 10.6 Å². The first-order chi connectivity index (χ1) is 9.22. The predicted octanol–water partition coefficient (Wildman–Crippen LogP) is 2.05. The zero-order valence-corrected chi connectivity index (χ0v) is 11.6. The Morgan fingerprint density at radius 3 is 2.74 bits per heavy atom. The topological polar surface area (TPSA) is 50.4 Å². The second-order valence-electron chi connectivity index (χ2n) is 5.02. The molecule has 0 radical (unpaired) electrons. The van der Waals surface area contributed by atoms with Crippen LogP contribution in [0.3, 0.4) is 0 Å². The molecule has 2 N–H and O–H groups in total. The summed E-state index contributed by atoms with van der Waals surface area (Å²) in [4.78, 5) is 11.2. The maximum atomic E-state index is 11.2. The Morgan fingerprint density at radius 1 is 1.37 bits per heavy atom. The van der Waals surface area contributed by atoms with Gasteiger partial charge in [-0.15, -0.1) is 0 Å². The number of benzene rings is 1. The summed E-state index contributed by atoms with van der Waals surface area (Å²) < 4.78 is 4.65. The van der Waals surface area contributed by atoms with Gasteiger partial charge >= 0.3 is 6.09 Å². The lowest BCUT2D eigenvalue weighted by Crippen LogP contribution is -2.48. The van der Waals surface area contributed by atoms with Gasteiger partial charge in [-0.25, -0.2) is 4.79 Å². The van der Waals surface area contributed by atoms with E-state index in [0.29, 0.717) is 5.92 Å². The Hall–Kier alpha value is -1.55. The SMILES string of the molecule is CCc1ccc(C2CNCC(NC(=O)OC)C2)cc1. The highest BCUT2D eigenvalue weighted by atomic mass is 16.5. The van der Waals surface area contributed by atoms with E-state index in [1.807, 2.05) is 0 Å². The third kappa shape index (κ3) is 3.70. The van der Waals surface area contributed by atoms with E-state index in [0.717, 1.165) is 25.9 Å². The molecule has 0 spiro atoms. The van der Waals surface area contributed by atoms with E-state index in [-0.39, 0.29) is 12.1 Å². The first-order valence-electron chi connectivity index (χ1n) is 6.87. The highest BCUT2D eigenvalue weighted by Gasteiger charge is 2.24. The number of piperidine rings is 1. The van der Waals surface area contributed by atoms with Crippen molar-refractivity contribution >= 4 is 6.09 Å². The fourth-order valence-electron chi connectivity index (χ4n) is 2.56. The molecule has 1 fully saturated rings. The van der Waals surface area contributed by atoms with Crippen LogP contribution in [0.4, 0.5) is 4.79 Å². The minimum atomic E-state index is -0.353. The molecule has 1 saturated heterocycles. The van der Waals surface area contributed by atoms with Crippen molar-refractivity contribution in [3.05, 3.63) is 35.4 Å². The van der Waals surface area contributed by atoms with Crippen molar-refractivity contribution in [1.29, 1.82) is 0 Å². The fourth-order valence-corrected chi connectivity index (χ4v) is 2.56. The molecule has 2 rings (SSSR count). The first kappa shape index (κ1) is 13.9. The second-order valence-corrected chi connectivity index (χ2v) is 5.02. The van der Waals surface area contributed by atoms with E-state index in [2.05, 4.69) is 46.6 Å². The summed E-state index contributed by atoms with van der Waals surface area (Å²) in [7, 11) is 1.40. The van der Waals surface area contributed by atoms with Gasteiger partial charge in [0.25, 0.3) is 0 Å². The molecule has 0 aromatic heterocycles. The zero-order valence-electron chi connectivity index (χ0n) is 11.6. The van der Waals surface area contributed by atoms with Crippen molar-refractivity contribution in [1.82, 2.24) is 10.6 Å². The number of carbonyl (C=O) groups is 1. The standard InChI is InChI=1S/C15H22N2O2/c1-3-11-4-6-12(7-5-11)13-8-14(10-16-9-13)17-15(18)19-2/h4-7,13-14,16H,3,8-10H2,1-2H3,(H,17,18). The number of hydrogen-bond donors (Lipinski definition) is 2. The van der Waals surface area contributed by atoms with Crippen LogP contribution in [0.5, 0.6) is 0 Å². The van der Waals surface area contributed by atoms with Crippen molar-refractivity contribution in [3.63, 3.8) is 0 Å². The van der Waals surface area contributed by atoms with Gasteiger partial charge < -0.3 is 15.4 Å². The highest BCUT2D eigenvalue weighted by Crippen LogP contribution is 2.23. The van der Waals surface area contributed by atoms with E-state index < -0.39 is 0 Å². The number of nitrogens with one attached hydrogen (secondary N) is 2. The quantitative estimate of drug-likeness (QED) is 0.876. The molecule has 1 amide bonds. The Bertz CT molecular complexity index is 417. The van der Waals surface area contributed by atoms with E-state index >= 15 is 0 Å². The predicted molar refractivity (Wildman–Crippen MR) is 75.4 cm³/mol. The molecule has 2 atom stereocenters. The number of amides is 1. The largest absolute Gasteiger partial charge is 0.453 e. The maximum absolute atomic E-state index is 11.2. The molecule has 1 aliphatic rings. The molecule has 0 aliphatic carbocycles. The highest BCUT2D eigenvalue weighted by molar-refractivity contribution is 5.67. The maximum Gasteiger partial charge on any atom is 0.407 e. The molecule has 1 aromatic rings. The average Bonchev–Trinajstić information content (AvgIpc) is 2.47. The summed E-state index contributed by atoms with van der Waals surface area (Å²) in [5, 5.41) is 6.24. The molecule has 0 bridgehead atoms. The Labute approximate surface area is 114 Å². The lowest BCUT2D eigenvalue weighted by molar-refractivity contribution is 0.163. The number of hydrogen-bond acceptors (Lipinski definition) is 3. The number of ether oxygens (including phenoxy) is 1. The lowest BCUT2D eigenvalue weighted by Gasteiger charge is -2.30. The van der Waals surface area contributed by atoms with Gasteiger partial charge in [-0.2, -0.15) is 0 Å². The Balaban J connectivity index is 1.97. The fraction of sp³-hybridized carbons (Fsp3) is 0.533.